The largest absolute Gasteiger partial charge is 0.467 e. The fourth-order valence-electron chi connectivity index (χ4n) is 8.68. The van der Waals surface area contributed by atoms with Gasteiger partial charge in [0.05, 0.1) is 37.0 Å². The topological polar surface area (TPSA) is 147 Å². The molecule has 2 amide bonds. The van der Waals surface area contributed by atoms with Crippen LogP contribution in [0.1, 0.15) is 66.0 Å². The van der Waals surface area contributed by atoms with Gasteiger partial charge in [0.2, 0.25) is 0 Å². The van der Waals surface area contributed by atoms with E-state index in [2.05, 4.69) is 33.5 Å². The van der Waals surface area contributed by atoms with Crippen molar-refractivity contribution < 1.29 is 28.9 Å². The third-order valence-corrected chi connectivity index (χ3v) is 12.1. The number of carbonyl (C=O) groups excluding carboxylic acids is 2. The lowest BCUT2D eigenvalue weighted by atomic mass is 9.89. The number of fused-ring (bicyclic) bond motifs is 1. The number of para-hydroxylation sites is 2. The summed E-state index contributed by atoms with van der Waals surface area (Å²) in [5.74, 6) is -0.490. The summed E-state index contributed by atoms with van der Waals surface area (Å²) >= 11 is 0. The SMILES string of the molecule is COC(=O)[C@H](Cc1ccccc1)NC(=O)NCc1cccc(-c2cccc([C@H]3O[C@@H](CN4CCC(n5c(=O)[nH]c6ccccc65)CC4)[C@@H](C)[C@@H](c4ccc(CO)cc4)O3)c2)c1. The maximum Gasteiger partial charge on any atom is 0.328 e. The smallest absolute Gasteiger partial charge is 0.328 e. The molecule has 12 heteroatoms. The van der Waals surface area contributed by atoms with Crippen LogP contribution in [0.2, 0.25) is 0 Å². The summed E-state index contributed by atoms with van der Waals surface area (Å²) in [6.45, 7) is 4.80. The number of amides is 2. The number of aliphatic hydroxyl groups is 1. The van der Waals surface area contributed by atoms with E-state index in [9.17, 15) is 19.5 Å². The van der Waals surface area contributed by atoms with Crippen LogP contribution in [0.25, 0.3) is 22.2 Å². The van der Waals surface area contributed by atoms with Crippen LogP contribution >= 0.6 is 0 Å². The van der Waals surface area contributed by atoms with Gasteiger partial charge in [-0.2, -0.15) is 0 Å². The van der Waals surface area contributed by atoms with Crippen molar-refractivity contribution in [2.24, 2.45) is 5.92 Å². The first-order valence-electron chi connectivity index (χ1n) is 21.0. The Hall–Kier alpha value is -6.05. The molecule has 12 nitrogen and oxygen atoms in total. The maximum atomic E-state index is 13.0. The van der Waals surface area contributed by atoms with Crippen molar-refractivity contribution in [1.29, 1.82) is 0 Å². The summed E-state index contributed by atoms with van der Waals surface area (Å²) in [6, 6.07) is 40.3. The Balaban J connectivity index is 0.957. The van der Waals surface area contributed by atoms with Gasteiger partial charge in [0.1, 0.15) is 6.04 Å². The van der Waals surface area contributed by atoms with E-state index >= 15 is 0 Å². The minimum Gasteiger partial charge on any atom is -0.467 e. The molecule has 316 valence electrons. The summed E-state index contributed by atoms with van der Waals surface area (Å²) in [4.78, 5) is 43.9. The van der Waals surface area contributed by atoms with Gasteiger partial charge in [-0.1, -0.05) is 110 Å². The number of H-pyrrole nitrogens is 1. The van der Waals surface area contributed by atoms with Crippen molar-refractivity contribution >= 4 is 23.0 Å². The van der Waals surface area contributed by atoms with Gasteiger partial charge in [0, 0.05) is 50.1 Å². The first kappa shape index (κ1) is 41.7. The average molecular weight is 824 g/mol. The van der Waals surface area contributed by atoms with Crippen molar-refractivity contribution in [1.82, 2.24) is 25.1 Å². The Labute approximate surface area is 355 Å². The standard InChI is InChI=1S/C49H53N5O7/c1-32-44(30-53-24-22-40(23-25-53)54-43-17-7-6-16-41(43)52-49(54)58)60-47(61-45(32)36-20-18-34(31-55)19-21-36)39-15-9-14-38(28-39)37-13-8-12-35(26-37)29-50-48(57)51-42(46(56)59-2)27-33-10-4-3-5-11-33/h3-21,26,28,32,40,42,44-45,47,55H,22-25,27,29-31H2,1-2H3,(H,52,58)(H2,50,51,57)/t32-,42+,44+,45+,47+/m1/s1. The molecule has 2 saturated heterocycles. The molecular formula is C49H53N5O7. The number of nitrogens with one attached hydrogen (secondary N) is 3. The Bertz CT molecular complexity index is 2480. The summed E-state index contributed by atoms with van der Waals surface area (Å²) in [6.07, 6.45) is 0.986. The molecule has 0 saturated carbocycles. The van der Waals surface area contributed by atoms with Gasteiger partial charge >= 0.3 is 17.7 Å². The number of esters is 1. The Morgan fingerprint density at radius 3 is 2.28 bits per heavy atom. The molecule has 0 bridgehead atoms. The van der Waals surface area contributed by atoms with Crippen LogP contribution in [0.5, 0.6) is 0 Å². The number of rotatable bonds is 13. The number of aromatic amines is 1. The zero-order valence-corrected chi connectivity index (χ0v) is 34.5. The number of aromatic nitrogens is 2. The zero-order chi connectivity index (χ0) is 42.3. The second-order valence-electron chi connectivity index (χ2n) is 16.1. The second-order valence-corrected chi connectivity index (χ2v) is 16.1. The molecule has 0 unspecified atom stereocenters. The van der Waals surface area contributed by atoms with Gasteiger partial charge < -0.3 is 39.8 Å². The molecule has 2 fully saturated rings. The molecule has 2 aliphatic heterocycles. The average Bonchev–Trinajstić information content (AvgIpc) is 3.64. The van der Waals surface area contributed by atoms with E-state index in [1.165, 1.54) is 7.11 Å². The van der Waals surface area contributed by atoms with E-state index in [4.69, 9.17) is 14.2 Å². The fraction of sp³-hybridized carbons (Fsp3) is 0.327. The summed E-state index contributed by atoms with van der Waals surface area (Å²) < 4.78 is 20.6. The number of hydrogen-bond donors (Lipinski definition) is 4. The van der Waals surface area contributed by atoms with Gasteiger partial charge in [-0.05, 0) is 70.5 Å². The van der Waals surface area contributed by atoms with Crippen molar-refractivity contribution in [2.75, 3.05) is 26.7 Å². The molecule has 5 aromatic carbocycles. The van der Waals surface area contributed by atoms with Gasteiger partial charge in [0.15, 0.2) is 6.29 Å². The number of ether oxygens (including phenoxy) is 3. The third-order valence-electron chi connectivity index (χ3n) is 12.1. The molecule has 1 aromatic heterocycles. The zero-order valence-electron chi connectivity index (χ0n) is 34.5. The van der Waals surface area contributed by atoms with Crippen LogP contribution < -0.4 is 16.3 Å². The Morgan fingerprint density at radius 1 is 0.820 bits per heavy atom. The number of urea groups is 1. The minimum absolute atomic E-state index is 0.0241. The van der Waals surface area contributed by atoms with Crippen LogP contribution in [0, 0.1) is 5.92 Å². The lowest BCUT2D eigenvalue weighted by molar-refractivity contribution is -0.276. The third kappa shape index (κ3) is 9.79. The molecule has 6 aromatic rings. The number of carbonyl (C=O) groups is 2. The number of aliphatic hydroxyl groups excluding tert-OH is 1. The first-order chi connectivity index (χ1) is 29.8. The molecule has 0 aliphatic carbocycles. The number of benzene rings is 5. The lowest BCUT2D eigenvalue weighted by Crippen LogP contribution is -2.47. The van der Waals surface area contributed by atoms with Crippen LogP contribution in [-0.2, 0) is 38.6 Å². The molecule has 0 spiro atoms. The Morgan fingerprint density at radius 2 is 1.52 bits per heavy atom. The summed E-state index contributed by atoms with van der Waals surface area (Å²) in [5.41, 5.74) is 8.24. The highest BCUT2D eigenvalue weighted by molar-refractivity contribution is 5.83. The van der Waals surface area contributed by atoms with Crippen LogP contribution in [0.3, 0.4) is 0 Å². The number of nitrogens with zero attached hydrogens (tertiary/aromatic N) is 2. The van der Waals surface area contributed by atoms with E-state index in [0.717, 1.165) is 82.5 Å². The molecule has 5 atom stereocenters. The van der Waals surface area contributed by atoms with Crippen molar-refractivity contribution in [3.8, 4) is 11.1 Å². The molecule has 2 aliphatic rings. The van der Waals surface area contributed by atoms with Gasteiger partial charge in [-0.3, -0.25) is 4.57 Å². The fourth-order valence-corrected chi connectivity index (χ4v) is 8.68. The molecular weight excluding hydrogens is 771 g/mol. The monoisotopic (exact) mass is 823 g/mol. The van der Waals surface area contributed by atoms with Crippen molar-refractivity contribution in [2.45, 2.75) is 69.9 Å². The van der Waals surface area contributed by atoms with Crippen LogP contribution in [0.4, 0.5) is 4.79 Å². The molecule has 4 N–H and O–H groups in total. The normalized spacial score (nSPS) is 20.2. The molecule has 61 heavy (non-hydrogen) atoms. The second kappa shape index (κ2) is 19.1. The molecule has 8 rings (SSSR count). The molecule has 0 radical (unpaired) electrons. The number of imidazole rings is 1. The van der Waals surface area contributed by atoms with E-state index in [0.29, 0.717) is 6.42 Å². The van der Waals surface area contributed by atoms with Crippen LogP contribution in [-0.4, -0.2) is 70.4 Å². The van der Waals surface area contributed by atoms with Gasteiger partial charge in [0.25, 0.3) is 0 Å². The van der Waals surface area contributed by atoms with E-state index < -0.39 is 24.3 Å². The quantitative estimate of drug-likeness (QED) is 0.0895. The van der Waals surface area contributed by atoms with Crippen molar-refractivity contribution in [3.63, 3.8) is 0 Å². The summed E-state index contributed by atoms with van der Waals surface area (Å²) in [7, 11) is 1.31. The van der Waals surface area contributed by atoms with Crippen molar-refractivity contribution in [3.05, 3.63) is 166 Å². The summed E-state index contributed by atoms with van der Waals surface area (Å²) in [5, 5.41) is 15.4. The van der Waals surface area contributed by atoms with Gasteiger partial charge in [-0.25, -0.2) is 14.4 Å². The number of hydrogen-bond acceptors (Lipinski definition) is 8. The highest BCUT2D eigenvalue weighted by Crippen LogP contribution is 2.43. The predicted octanol–water partition coefficient (Wildman–Crippen LogP) is 7.20. The number of methoxy groups -OCH3 is 1. The van der Waals surface area contributed by atoms with Gasteiger partial charge in [-0.15, -0.1) is 0 Å². The maximum absolute atomic E-state index is 13.0. The highest BCUT2D eigenvalue weighted by atomic mass is 16.7. The van der Waals surface area contributed by atoms with E-state index in [-0.39, 0.29) is 43.0 Å². The number of piperidine rings is 1. The van der Waals surface area contributed by atoms with E-state index in [1.54, 1.807) is 0 Å². The highest BCUT2D eigenvalue weighted by Gasteiger charge is 2.40. The first-order valence-corrected chi connectivity index (χ1v) is 21.0. The Kier molecular flexibility index (Phi) is 13.1. The molecule has 3 heterocycles. The van der Waals surface area contributed by atoms with E-state index in [1.807, 2.05) is 126 Å². The predicted molar refractivity (Wildman–Crippen MR) is 233 cm³/mol. The van der Waals surface area contributed by atoms with Crippen LogP contribution in [0.15, 0.2) is 132 Å². The number of likely N-dealkylation sites (tertiary alicyclic amines) is 1. The minimum atomic E-state index is -0.830. The lowest BCUT2D eigenvalue weighted by Gasteiger charge is -2.44.